The van der Waals surface area contributed by atoms with Crippen LogP contribution in [0, 0.1) is 6.92 Å². The average Bonchev–Trinajstić information content (AvgIpc) is 3.27. The molecular formula is C28H32N2O4S. The molecule has 2 aliphatic rings. The van der Waals surface area contributed by atoms with Crippen molar-refractivity contribution in [1.82, 2.24) is 9.21 Å². The maximum Gasteiger partial charge on any atom is 0.244 e. The maximum absolute atomic E-state index is 14.0. The molecule has 7 heteroatoms. The Labute approximate surface area is 208 Å². The summed E-state index contributed by atoms with van der Waals surface area (Å²) in [5.74, 6) is 1.31. The summed E-state index contributed by atoms with van der Waals surface area (Å²) in [4.78, 5) is 2.64. The molecule has 2 aliphatic heterocycles. The molecule has 0 aromatic heterocycles. The molecule has 3 aromatic carbocycles. The molecule has 0 amide bonds. The van der Waals surface area contributed by atoms with Gasteiger partial charge in [-0.05, 0) is 68.1 Å². The summed E-state index contributed by atoms with van der Waals surface area (Å²) in [5, 5.41) is 0. The van der Waals surface area contributed by atoms with Gasteiger partial charge in [-0.15, -0.1) is 0 Å². The van der Waals surface area contributed by atoms with E-state index in [2.05, 4.69) is 23.1 Å². The van der Waals surface area contributed by atoms with E-state index in [9.17, 15) is 8.42 Å². The monoisotopic (exact) mass is 492 g/mol. The molecule has 2 heterocycles. The first-order valence-electron chi connectivity index (χ1n) is 12.3. The van der Waals surface area contributed by atoms with Gasteiger partial charge >= 0.3 is 0 Å². The lowest BCUT2D eigenvalue weighted by Crippen LogP contribution is -2.37. The van der Waals surface area contributed by atoms with Crippen LogP contribution in [0.4, 0.5) is 0 Å². The highest BCUT2D eigenvalue weighted by Crippen LogP contribution is 2.47. The summed E-state index contributed by atoms with van der Waals surface area (Å²) in [7, 11) is -3.74. The van der Waals surface area contributed by atoms with E-state index in [0.717, 1.165) is 24.1 Å². The molecule has 5 rings (SSSR count). The zero-order chi connectivity index (χ0) is 24.6. The van der Waals surface area contributed by atoms with Crippen LogP contribution in [-0.2, 0) is 16.4 Å². The van der Waals surface area contributed by atoms with Gasteiger partial charge < -0.3 is 9.47 Å². The summed E-state index contributed by atoms with van der Waals surface area (Å²) in [6.45, 7) is 8.04. The normalized spacial score (nSPS) is 20.3. The SMILES string of the molecule is CCOc1ccc([C@@H]2N3CCc4ccccc4[C@@H]3CN2S(=O)(=O)c2ccc(C)cc2)cc1OCC. The average molecular weight is 493 g/mol. The van der Waals surface area contributed by atoms with Gasteiger partial charge in [-0.2, -0.15) is 4.31 Å². The third-order valence-electron chi connectivity index (χ3n) is 6.89. The smallest absolute Gasteiger partial charge is 0.244 e. The van der Waals surface area contributed by atoms with Crippen molar-refractivity contribution in [2.24, 2.45) is 0 Å². The van der Waals surface area contributed by atoms with Crippen molar-refractivity contribution in [2.45, 2.75) is 44.3 Å². The van der Waals surface area contributed by atoms with Gasteiger partial charge in [-0.1, -0.05) is 48.0 Å². The second-order valence-electron chi connectivity index (χ2n) is 9.04. The number of benzene rings is 3. The predicted octanol–water partition coefficient (Wildman–Crippen LogP) is 5.09. The molecule has 0 unspecified atom stereocenters. The van der Waals surface area contributed by atoms with Crippen LogP contribution in [0.1, 0.15) is 48.3 Å². The minimum Gasteiger partial charge on any atom is -0.490 e. The molecule has 1 fully saturated rings. The first-order valence-corrected chi connectivity index (χ1v) is 13.7. The standard InChI is InChI=1S/C28H32N2O4S/c1-4-33-26-15-12-22(18-27(26)34-5-2)28-29-17-16-21-8-6-7-9-24(21)25(29)19-30(28)35(31,32)23-13-10-20(3)11-14-23/h6-15,18,25,28H,4-5,16-17,19H2,1-3H3/t25-,28+/m0/s1. The van der Waals surface area contributed by atoms with Crippen molar-refractivity contribution >= 4 is 10.0 Å². The minimum absolute atomic E-state index is 0.00714. The van der Waals surface area contributed by atoms with Crippen LogP contribution < -0.4 is 9.47 Å². The van der Waals surface area contributed by atoms with Crippen LogP contribution in [-0.4, -0.2) is 43.9 Å². The van der Waals surface area contributed by atoms with Crippen molar-refractivity contribution in [1.29, 1.82) is 0 Å². The Kier molecular flexibility index (Phi) is 6.57. The topological polar surface area (TPSA) is 59.1 Å². The molecule has 3 aromatic rings. The minimum atomic E-state index is -3.74. The highest BCUT2D eigenvalue weighted by molar-refractivity contribution is 7.89. The van der Waals surface area contributed by atoms with Crippen molar-refractivity contribution in [3.8, 4) is 11.5 Å². The summed E-state index contributed by atoms with van der Waals surface area (Å²) in [6.07, 6.45) is 0.450. The van der Waals surface area contributed by atoms with Gasteiger partial charge in [0, 0.05) is 13.1 Å². The molecule has 1 saturated heterocycles. The predicted molar refractivity (Wildman–Crippen MR) is 136 cm³/mol. The lowest BCUT2D eigenvalue weighted by molar-refractivity contribution is 0.154. The number of ether oxygens (including phenoxy) is 2. The van der Waals surface area contributed by atoms with Crippen molar-refractivity contribution in [3.05, 3.63) is 89.0 Å². The molecule has 6 nitrogen and oxygen atoms in total. The van der Waals surface area contributed by atoms with Gasteiger partial charge in [-0.25, -0.2) is 8.42 Å². The molecular weight excluding hydrogens is 460 g/mol. The van der Waals surface area contributed by atoms with Crippen LogP contribution >= 0.6 is 0 Å². The molecule has 35 heavy (non-hydrogen) atoms. The Bertz CT molecular complexity index is 1310. The summed E-state index contributed by atoms with van der Waals surface area (Å²) in [5.41, 5.74) is 4.42. The van der Waals surface area contributed by atoms with E-state index < -0.39 is 16.2 Å². The van der Waals surface area contributed by atoms with Crippen LogP contribution in [0.3, 0.4) is 0 Å². The molecule has 0 bridgehead atoms. The summed E-state index contributed by atoms with van der Waals surface area (Å²) in [6, 6.07) is 21.3. The summed E-state index contributed by atoms with van der Waals surface area (Å²) >= 11 is 0. The number of aryl methyl sites for hydroxylation is 1. The number of nitrogens with zero attached hydrogens (tertiary/aromatic N) is 2. The van der Waals surface area contributed by atoms with Gasteiger partial charge in [0.1, 0.15) is 6.17 Å². The Morgan fingerprint density at radius 1 is 0.914 bits per heavy atom. The third-order valence-corrected chi connectivity index (χ3v) is 8.72. The molecule has 2 atom stereocenters. The fraction of sp³-hybridized carbons (Fsp3) is 0.357. The number of fused-ring (bicyclic) bond motifs is 3. The van der Waals surface area contributed by atoms with Crippen molar-refractivity contribution in [2.75, 3.05) is 26.3 Å². The van der Waals surface area contributed by atoms with Gasteiger partial charge in [0.25, 0.3) is 0 Å². The highest BCUT2D eigenvalue weighted by Gasteiger charge is 2.48. The van der Waals surface area contributed by atoms with E-state index in [1.54, 1.807) is 16.4 Å². The van der Waals surface area contributed by atoms with Crippen LogP contribution in [0.5, 0.6) is 11.5 Å². The lowest BCUT2D eigenvalue weighted by atomic mass is 9.93. The Hall–Kier alpha value is -2.87. The fourth-order valence-electron chi connectivity index (χ4n) is 5.26. The van der Waals surface area contributed by atoms with Crippen LogP contribution in [0.2, 0.25) is 0 Å². The first-order chi connectivity index (χ1) is 16.9. The molecule has 0 aliphatic carbocycles. The van der Waals surface area contributed by atoms with E-state index in [4.69, 9.17) is 9.47 Å². The van der Waals surface area contributed by atoms with Crippen molar-refractivity contribution < 1.29 is 17.9 Å². The largest absolute Gasteiger partial charge is 0.490 e. The van der Waals surface area contributed by atoms with Crippen LogP contribution in [0.25, 0.3) is 0 Å². The molecule has 0 saturated carbocycles. The molecule has 0 spiro atoms. The van der Waals surface area contributed by atoms with Gasteiger partial charge in [-0.3, -0.25) is 4.90 Å². The fourth-order valence-corrected chi connectivity index (χ4v) is 6.86. The zero-order valence-corrected chi connectivity index (χ0v) is 21.3. The lowest BCUT2D eigenvalue weighted by Gasteiger charge is -2.36. The number of sulfonamides is 1. The van der Waals surface area contributed by atoms with E-state index >= 15 is 0 Å². The number of hydrogen-bond acceptors (Lipinski definition) is 5. The number of rotatable bonds is 7. The summed E-state index contributed by atoms with van der Waals surface area (Å²) < 4.78 is 41.3. The van der Waals surface area contributed by atoms with Crippen LogP contribution in [0.15, 0.2) is 71.6 Å². The Morgan fingerprint density at radius 3 is 2.37 bits per heavy atom. The molecule has 0 radical (unpaired) electrons. The maximum atomic E-state index is 14.0. The van der Waals surface area contributed by atoms with Gasteiger partial charge in [0.15, 0.2) is 11.5 Å². The second kappa shape index (κ2) is 9.64. The zero-order valence-electron chi connectivity index (χ0n) is 20.5. The van der Waals surface area contributed by atoms with E-state index in [-0.39, 0.29) is 6.04 Å². The first kappa shape index (κ1) is 23.9. The van der Waals surface area contributed by atoms with Gasteiger partial charge in [0.2, 0.25) is 10.0 Å². The second-order valence-corrected chi connectivity index (χ2v) is 10.9. The van der Waals surface area contributed by atoms with Crippen molar-refractivity contribution in [3.63, 3.8) is 0 Å². The number of hydrogen-bond donors (Lipinski definition) is 0. The third kappa shape index (κ3) is 4.33. The molecule has 0 N–H and O–H groups in total. The van der Waals surface area contributed by atoms with E-state index in [1.165, 1.54) is 11.1 Å². The Balaban J connectivity index is 1.62. The van der Waals surface area contributed by atoms with E-state index in [0.29, 0.717) is 36.2 Å². The highest BCUT2D eigenvalue weighted by atomic mass is 32.2. The molecule has 184 valence electrons. The van der Waals surface area contributed by atoms with E-state index in [1.807, 2.05) is 57.2 Å². The Morgan fingerprint density at radius 2 is 1.63 bits per heavy atom. The van der Waals surface area contributed by atoms with Gasteiger partial charge in [0.05, 0.1) is 24.2 Å². The quantitative estimate of drug-likeness (QED) is 0.460.